The van der Waals surface area contributed by atoms with Gasteiger partial charge in [0.25, 0.3) is 0 Å². The predicted octanol–water partition coefficient (Wildman–Crippen LogP) is 2.65. The first-order chi connectivity index (χ1) is 11.3. The van der Waals surface area contributed by atoms with E-state index in [0.29, 0.717) is 59.2 Å². The van der Waals surface area contributed by atoms with Gasteiger partial charge in [-0.1, -0.05) is 34.6 Å². The van der Waals surface area contributed by atoms with Crippen molar-refractivity contribution in [2.24, 2.45) is 0 Å². The second kappa shape index (κ2) is 29.3. The zero-order chi connectivity index (χ0) is 18.2. The van der Waals surface area contributed by atoms with Crippen LogP contribution in [0.5, 0.6) is 0 Å². The molecule has 0 aromatic carbocycles. The molecule has 0 unspecified atom stereocenters. The van der Waals surface area contributed by atoms with Crippen molar-refractivity contribution in [3.8, 4) is 0 Å². The van der Waals surface area contributed by atoms with E-state index in [-0.39, 0.29) is 5.91 Å². The summed E-state index contributed by atoms with van der Waals surface area (Å²) in [6.45, 7) is 14.4. The van der Waals surface area contributed by atoms with E-state index in [2.05, 4.69) is 5.32 Å². The molecule has 23 heavy (non-hydrogen) atoms. The molecule has 1 N–H and O–H groups in total. The van der Waals surface area contributed by atoms with Crippen LogP contribution in [0.3, 0.4) is 0 Å². The molecular weight excluding hydrogens is 298 g/mol. The van der Waals surface area contributed by atoms with E-state index >= 15 is 0 Å². The average molecular weight is 338 g/mol. The third kappa shape index (κ3) is 29.9. The van der Waals surface area contributed by atoms with Crippen LogP contribution in [-0.4, -0.2) is 65.8 Å². The van der Waals surface area contributed by atoms with Crippen LogP contribution in [0, 0.1) is 0 Å². The van der Waals surface area contributed by atoms with Gasteiger partial charge in [-0.25, -0.2) is 0 Å². The summed E-state index contributed by atoms with van der Waals surface area (Å²) in [5.41, 5.74) is 0. The van der Waals surface area contributed by atoms with Crippen LogP contribution in [0.2, 0.25) is 0 Å². The normalized spacial score (nSPS) is 9.30. The number of carbonyl (C=O) groups excluding carboxylic acids is 1. The Morgan fingerprint density at radius 2 is 1.22 bits per heavy atom. The number of rotatable bonds is 14. The fourth-order valence-electron chi connectivity index (χ4n) is 1.26. The summed E-state index contributed by atoms with van der Waals surface area (Å²) in [4.78, 5) is 11.1. The maximum atomic E-state index is 11.1. The first-order valence-electron chi connectivity index (χ1n) is 8.80. The number of nitrogens with one attached hydrogen (secondary N) is 1. The number of carbonyl (C=O) groups is 1. The van der Waals surface area contributed by atoms with Crippen molar-refractivity contribution in [1.82, 2.24) is 5.32 Å². The van der Waals surface area contributed by atoms with E-state index in [0.717, 1.165) is 6.42 Å². The van der Waals surface area contributed by atoms with Gasteiger partial charge in [0.05, 0.1) is 46.2 Å². The number of ether oxygens (including phenoxy) is 4. The van der Waals surface area contributed by atoms with E-state index in [1.807, 2.05) is 34.6 Å². The van der Waals surface area contributed by atoms with Gasteiger partial charge in [0.15, 0.2) is 0 Å². The Morgan fingerprint density at radius 3 is 1.65 bits per heavy atom. The minimum absolute atomic E-state index is 0.0792. The largest absolute Gasteiger partial charge is 0.382 e. The van der Waals surface area contributed by atoms with Crippen LogP contribution in [0.4, 0.5) is 0 Å². The molecule has 0 aliphatic carbocycles. The van der Waals surface area contributed by atoms with Crippen LogP contribution >= 0.6 is 0 Å². The summed E-state index contributed by atoms with van der Waals surface area (Å²) >= 11 is 0. The SMILES string of the molecule is CC.CC.CCCC(=O)NCCOCCOCCOCCOC. The second-order valence-electron chi connectivity index (χ2n) is 3.93. The summed E-state index contributed by atoms with van der Waals surface area (Å²) in [5, 5.41) is 2.78. The summed E-state index contributed by atoms with van der Waals surface area (Å²) in [6.07, 6.45) is 1.44. The van der Waals surface area contributed by atoms with Gasteiger partial charge >= 0.3 is 0 Å². The molecule has 0 saturated heterocycles. The lowest BCUT2D eigenvalue weighted by Crippen LogP contribution is -2.27. The van der Waals surface area contributed by atoms with Crippen LogP contribution in [0.25, 0.3) is 0 Å². The molecule has 0 aromatic heterocycles. The van der Waals surface area contributed by atoms with Gasteiger partial charge in [0.1, 0.15) is 0 Å². The molecule has 0 spiro atoms. The van der Waals surface area contributed by atoms with Gasteiger partial charge in [-0.15, -0.1) is 0 Å². The molecule has 0 aromatic rings. The van der Waals surface area contributed by atoms with Gasteiger partial charge in [-0.2, -0.15) is 0 Å². The highest BCUT2D eigenvalue weighted by molar-refractivity contribution is 5.75. The van der Waals surface area contributed by atoms with Gasteiger partial charge < -0.3 is 24.3 Å². The molecule has 0 aliphatic heterocycles. The Bertz CT molecular complexity index is 203. The first kappa shape index (κ1) is 27.2. The molecule has 0 fully saturated rings. The molecule has 1 amide bonds. The van der Waals surface area contributed by atoms with Crippen molar-refractivity contribution < 1.29 is 23.7 Å². The van der Waals surface area contributed by atoms with Crippen molar-refractivity contribution in [2.45, 2.75) is 47.5 Å². The average Bonchev–Trinajstić information content (AvgIpc) is 2.60. The molecule has 0 rings (SSSR count). The molecular formula is C17H39NO5. The van der Waals surface area contributed by atoms with E-state index < -0.39 is 0 Å². The Morgan fingerprint density at radius 1 is 0.783 bits per heavy atom. The Hall–Kier alpha value is -0.690. The first-order valence-corrected chi connectivity index (χ1v) is 8.80. The molecule has 0 atom stereocenters. The number of methoxy groups -OCH3 is 1. The summed E-state index contributed by atoms with van der Waals surface area (Å²) in [7, 11) is 1.64. The highest BCUT2D eigenvalue weighted by atomic mass is 16.6. The van der Waals surface area contributed by atoms with E-state index in [4.69, 9.17) is 18.9 Å². The quantitative estimate of drug-likeness (QED) is 0.494. The molecule has 0 heterocycles. The zero-order valence-electron chi connectivity index (χ0n) is 16.1. The van der Waals surface area contributed by atoms with Gasteiger partial charge in [-0.3, -0.25) is 4.79 Å². The molecule has 0 saturated carbocycles. The maximum Gasteiger partial charge on any atom is 0.220 e. The Labute approximate surface area is 143 Å². The predicted molar refractivity (Wildman–Crippen MR) is 94.9 cm³/mol. The Kier molecular flexibility index (Phi) is 34.7. The highest BCUT2D eigenvalue weighted by Gasteiger charge is 1.97. The van der Waals surface area contributed by atoms with Crippen LogP contribution < -0.4 is 5.32 Å². The molecule has 6 nitrogen and oxygen atoms in total. The number of hydrogen-bond acceptors (Lipinski definition) is 5. The highest BCUT2D eigenvalue weighted by Crippen LogP contribution is 1.85. The van der Waals surface area contributed by atoms with Crippen molar-refractivity contribution in [2.75, 3.05) is 59.9 Å². The van der Waals surface area contributed by atoms with Gasteiger partial charge in [0, 0.05) is 20.1 Å². The Balaban J connectivity index is -0.000000919. The summed E-state index contributed by atoms with van der Waals surface area (Å²) in [6, 6.07) is 0. The molecule has 142 valence electrons. The van der Waals surface area contributed by atoms with Crippen molar-refractivity contribution in [1.29, 1.82) is 0 Å². The van der Waals surface area contributed by atoms with Crippen molar-refractivity contribution >= 4 is 5.91 Å². The molecule has 0 bridgehead atoms. The fraction of sp³-hybridized carbons (Fsp3) is 0.941. The number of amides is 1. The smallest absolute Gasteiger partial charge is 0.220 e. The van der Waals surface area contributed by atoms with E-state index in [1.165, 1.54) is 0 Å². The van der Waals surface area contributed by atoms with Crippen LogP contribution in [0.1, 0.15) is 47.5 Å². The van der Waals surface area contributed by atoms with Crippen LogP contribution in [-0.2, 0) is 23.7 Å². The van der Waals surface area contributed by atoms with E-state index in [1.54, 1.807) is 7.11 Å². The minimum atomic E-state index is 0.0792. The van der Waals surface area contributed by atoms with Gasteiger partial charge in [0.2, 0.25) is 5.91 Å². The lowest BCUT2D eigenvalue weighted by Gasteiger charge is -2.07. The topological polar surface area (TPSA) is 66.0 Å². The van der Waals surface area contributed by atoms with E-state index in [9.17, 15) is 4.79 Å². The van der Waals surface area contributed by atoms with Crippen LogP contribution in [0.15, 0.2) is 0 Å². The fourth-order valence-corrected chi connectivity index (χ4v) is 1.26. The zero-order valence-corrected chi connectivity index (χ0v) is 16.1. The van der Waals surface area contributed by atoms with Crippen molar-refractivity contribution in [3.63, 3.8) is 0 Å². The standard InChI is InChI=1S/C13H27NO5.2C2H6/c1-3-4-13(15)14-5-6-17-9-10-19-12-11-18-8-7-16-2;2*1-2/h3-12H2,1-2H3,(H,14,15);2*1-2H3. The monoisotopic (exact) mass is 337 g/mol. The second-order valence-corrected chi connectivity index (χ2v) is 3.93. The lowest BCUT2D eigenvalue weighted by molar-refractivity contribution is -0.121. The van der Waals surface area contributed by atoms with Gasteiger partial charge in [-0.05, 0) is 6.42 Å². The molecule has 0 radical (unpaired) electrons. The van der Waals surface area contributed by atoms with Crippen molar-refractivity contribution in [3.05, 3.63) is 0 Å². The third-order valence-corrected chi connectivity index (χ3v) is 2.22. The molecule has 0 aliphatic rings. The summed E-state index contributed by atoms with van der Waals surface area (Å²) in [5.74, 6) is 0.0792. The molecule has 6 heteroatoms. The minimum Gasteiger partial charge on any atom is -0.382 e. The summed E-state index contributed by atoms with van der Waals surface area (Å²) < 4.78 is 20.7. The maximum absolute atomic E-state index is 11.1. The third-order valence-electron chi connectivity index (χ3n) is 2.22. The lowest BCUT2D eigenvalue weighted by atomic mass is 10.3. The number of hydrogen-bond donors (Lipinski definition) is 1.